The van der Waals surface area contributed by atoms with Gasteiger partial charge in [-0.15, -0.1) is 0 Å². The van der Waals surface area contributed by atoms with Crippen LogP contribution in [0.3, 0.4) is 0 Å². The summed E-state index contributed by atoms with van der Waals surface area (Å²) in [7, 11) is 1.60. The lowest BCUT2D eigenvalue weighted by Crippen LogP contribution is -2.46. The molecule has 1 unspecified atom stereocenters. The SMILES string of the molecule is COc1cc(CNC(=O)C(C)(C)Oc2ccc(Cl)cc2)ccc1OCC1CCCO1. The number of methoxy groups -OCH3 is 1. The van der Waals surface area contributed by atoms with Crippen molar-refractivity contribution in [2.45, 2.75) is 44.9 Å². The Morgan fingerprint density at radius 3 is 2.63 bits per heavy atom. The quantitative estimate of drug-likeness (QED) is 0.635. The highest BCUT2D eigenvalue weighted by molar-refractivity contribution is 6.30. The van der Waals surface area contributed by atoms with E-state index in [9.17, 15) is 4.79 Å². The lowest BCUT2D eigenvalue weighted by Gasteiger charge is -2.25. The number of hydrogen-bond acceptors (Lipinski definition) is 5. The van der Waals surface area contributed by atoms with E-state index in [1.165, 1.54) is 0 Å². The molecule has 1 fully saturated rings. The maximum atomic E-state index is 12.6. The van der Waals surface area contributed by atoms with Crippen molar-refractivity contribution in [1.29, 1.82) is 0 Å². The van der Waals surface area contributed by atoms with Crippen LogP contribution in [0.4, 0.5) is 0 Å². The van der Waals surface area contributed by atoms with Gasteiger partial charge in [-0.1, -0.05) is 17.7 Å². The van der Waals surface area contributed by atoms with Gasteiger partial charge in [-0.2, -0.15) is 0 Å². The van der Waals surface area contributed by atoms with E-state index in [2.05, 4.69) is 5.32 Å². The normalized spacial score (nSPS) is 16.2. The number of amides is 1. The standard InChI is InChI=1S/C23H28ClNO5/c1-23(2,30-18-9-7-17(24)8-10-18)22(26)25-14-16-6-11-20(21(13-16)27-3)29-15-19-5-4-12-28-19/h6-11,13,19H,4-5,12,14-15H2,1-3H3,(H,25,26). The highest BCUT2D eigenvalue weighted by atomic mass is 35.5. The van der Waals surface area contributed by atoms with Gasteiger partial charge in [-0.05, 0) is 68.7 Å². The van der Waals surface area contributed by atoms with Crippen LogP contribution in [0.2, 0.25) is 5.02 Å². The fourth-order valence-corrected chi connectivity index (χ4v) is 3.26. The minimum Gasteiger partial charge on any atom is -0.493 e. The van der Waals surface area contributed by atoms with Crippen LogP contribution in [0, 0.1) is 0 Å². The van der Waals surface area contributed by atoms with E-state index in [1.807, 2.05) is 18.2 Å². The van der Waals surface area contributed by atoms with Gasteiger partial charge >= 0.3 is 0 Å². The van der Waals surface area contributed by atoms with Crippen molar-refractivity contribution in [2.24, 2.45) is 0 Å². The Morgan fingerprint density at radius 2 is 1.97 bits per heavy atom. The van der Waals surface area contributed by atoms with Crippen LogP contribution in [-0.4, -0.2) is 37.9 Å². The molecule has 0 aromatic heterocycles. The third-order valence-corrected chi connectivity index (χ3v) is 5.12. The summed E-state index contributed by atoms with van der Waals surface area (Å²) in [5.41, 5.74) is -0.144. The molecule has 1 saturated heterocycles. The molecule has 30 heavy (non-hydrogen) atoms. The molecular weight excluding hydrogens is 406 g/mol. The van der Waals surface area contributed by atoms with Crippen molar-refractivity contribution in [3.63, 3.8) is 0 Å². The van der Waals surface area contributed by atoms with E-state index >= 15 is 0 Å². The average Bonchev–Trinajstić information content (AvgIpc) is 3.25. The molecule has 0 spiro atoms. The molecule has 1 heterocycles. The highest BCUT2D eigenvalue weighted by Crippen LogP contribution is 2.29. The maximum absolute atomic E-state index is 12.6. The Labute approximate surface area is 182 Å². The number of ether oxygens (including phenoxy) is 4. The molecule has 1 aliphatic rings. The summed E-state index contributed by atoms with van der Waals surface area (Å²) in [4.78, 5) is 12.6. The largest absolute Gasteiger partial charge is 0.493 e. The van der Waals surface area contributed by atoms with Crippen molar-refractivity contribution in [2.75, 3.05) is 20.3 Å². The first-order valence-electron chi connectivity index (χ1n) is 10.0. The number of carbonyl (C=O) groups is 1. The Bertz CT molecular complexity index is 847. The van der Waals surface area contributed by atoms with E-state index in [0.717, 1.165) is 25.0 Å². The number of halogens is 1. The van der Waals surface area contributed by atoms with E-state index in [4.69, 9.17) is 30.5 Å². The Kier molecular flexibility index (Phi) is 7.45. The second kappa shape index (κ2) is 10.0. The first kappa shape index (κ1) is 22.2. The molecule has 6 nitrogen and oxygen atoms in total. The maximum Gasteiger partial charge on any atom is 0.263 e. The Balaban J connectivity index is 1.55. The van der Waals surface area contributed by atoms with Crippen molar-refractivity contribution < 1.29 is 23.7 Å². The molecule has 0 bridgehead atoms. The molecular formula is C23H28ClNO5. The van der Waals surface area contributed by atoms with E-state index in [0.29, 0.717) is 35.4 Å². The minimum absolute atomic E-state index is 0.136. The van der Waals surface area contributed by atoms with Gasteiger partial charge in [0.05, 0.1) is 13.2 Å². The monoisotopic (exact) mass is 433 g/mol. The van der Waals surface area contributed by atoms with Crippen molar-refractivity contribution >= 4 is 17.5 Å². The van der Waals surface area contributed by atoms with E-state index in [1.54, 1.807) is 45.2 Å². The molecule has 0 aliphatic carbocycles. The molecule has 2 aromatic carbocycles. The summed E-state index contributed by atoms with van der Waals surface area (Å²) in [6, 6.07) is 12.5. The number of carbonyl (C=O) groups excluding carboxylic acids is 1. The van der Waals surface area contributed by atoms with Crippen LogP contribution in [0.5, 0.6) is 17.2 Å². The number of rotatable bonds is 9. The predicted octanol–water partition coefficient (Wildman–Crippen LogP) is 4.38. The molecule has 162 valence electrons. The molecule has 1 aliphatic heterocycles. The fraction of sp³-hybridized carbons (Fsp3) is 0.435. The molecule has 2 aromatic rings. The smallest absolute Gasteiger partial charge is 0.263 e. The number of benzene rings is 2. The van der Waals surface area contributed by atoms with Crippen molar-refractivity contribution in [3.8, 4) is 17.2 Å². The van der Waals surface area contributed by atoms with Crippen molar-refractivity contribution in [3.05, 3.63) is 53.1 Å². The van der Waals surface area contributed by atoms with Crippen molar-refractivity contribution in [1.82, 2.24) is 5.32 Å². The molecule has 1 amide bonds. The molecule has 1 N–H and O–H groups in total. The van der Waals surface area contributed by atoms with Gasteiger partial charge in [0.2, 0.25) is 0 Å². The van der Waals surface area contributed by atoms with Gasteiger partial charge < -0.3 is 24.3 Å². The summed E-state index contributed by atoms with van der Waals surface area (Å²) < 4.78 is 22.7. The first-order chi connectivity index (χ1) is 14.4. The van der Waals surface area contributed by atoms with Crippen LogP contribution >= 0.6 is 11.6 Å². The third kappa shape index (κ3) is 6.03. The molecule has 0 saturated carbocycles. The average molecular weight is 434 g/mol. The van der Waals surface area contributed by atoms with E-state index < -0.39 is 5.60 Å². The third-order valence-electron chi connectivity index (χ3n) is 4.86. The summed E-state index contributed by atoms with van der Waals surface area (Å²) in [6.07, 6.45) is 2.22. The summed E-state index contributed by atoms with van der Waals surface area (Å²) in [5.74, 6) is 1.63. The second-order valence-corrected chi connectivity index (χ2v) is 8.12. The van der Waals surface area contributed by atoms with Crippen LogP contribution in [0.25, 0.3) is 0 Å². The Hall–Kier alpha value is -2.44. The second-order valence-electron chi connectivity index (χ2n) is 7.68. The zero-order valence-corrected chi connectivity index (χ0v) is 18.3. The summed E-state index contributed by atoms with van der Waals surface area (Å²) >= 11 is 5.89. The summed E-state index contributed by atoms with van der Waals surface area (Å²) in [5, 5.41) is 3.52. The zero-order chi connectivity index (χ0) is 21.6. The molecule has 3 rings (SSSR count). The topological polar surface area (TPSA) is 66.0 Å². The summed E-state index contributed by atoms with van der Waals surface area (Å²) in [6.45, 7) is 5.08. The Morgan fingerprint density at radius 1 is 1.20 bits per heavy atom. The van der Waals surface area contributed by atoms with Crippen LogP contribution < -0.4 is 19.5 Å². The lowest BCUT2D eigenvalue weighted by molar-refractivity contribution is -0.134. The molecule has 7 heteroatoms. The molecule has 0 radical (unpaired) electrons. The first-order valence-corrected chi connectivity index (χ1v) is 10.4. The van der Waals surface area contributed by atoms with Gasteiger partial charge in [0, 0.05) is 18.2 Å². The van der Waals surface area contributed by atoms with Gasteiger partial charge in [0.25, 0.3) is 5.91 Å². The molecule has 1 atom stereocenters. The predicted molar refractivity (Wildman–Crippen MR) is 115 cm³/mol. The van der Waals surface area contributed by atoms with Gasteiger partial charge in [0.1, 0.15) is 12.4 Å². The highest BCUT2D eigenvalue weighted by Gasteiger charge is 2.29. The minimum atomic E-state index is -1.04. The van der Waals surface area contributed by atoms with Crippen LogP contribution in [0.1, 0.15) is 32.3 Å². The van der Waals surface area contributed by atoms with E-state index in [-0.39, 0.29) is 12.0 Å². The zero-order valence-electron chi connectivity index (χ0n) is 17.6. The number of hydrogen-bond donors (Lipinski definition) is 1. The van der Waals surface area contributed by atoms with Gasteiger partial charge in [-0.25, -0.2) is 0 Å². The fourth-order valence-electron chi connectivity index (χ4n) is 3.14. The van der Waals surface area contributed by atoms with Gasteiger partial charge in [0.15, 0.2) is 17.1 Å². The lowest BCUT2D eigenvalue weighted by atomic mass is 10.1. The number of nitrogens with one attached hydrogen (secondary N) is 1. The van der Waals surface area contributed by atoms with Gasteiger partial charge in [-0.3, -0.25) is 4.79 Å². The van der Waals surface area contributed by atoms with Crippen LogP contribution in [0.15, 0.2) is 42.5 Å². The van der Waals surface area contributed by atoms with Crippen LogP contribution in [-0.2, 0) is 16.1 Å².